The van der Waals surface area contributed by atoms with E-state index in [2.05, 4.69) is 10.5 Å². The highest BCUT2D eigenvalue weighted by Gasteiger charge is 2.37. The Labute approximate surface area is 132 Å². The molecule has 1 atom stereocenters. The molecule has 0 fully saturated rings. The van der Waals surface area contributed by atoms with Crippen LogP contribution in [0.4, 0.5) is 0 Å². The second-order valence-electron chi connectivity index (χ2n) is 5.32. The molecule has 1 aliphatic heterocycles. The first-order valence-electron chi connectivity index (χ1n) is 7.09. The van der Waals surface area contributed by atoms with Gasteiger partial charge in [0.25, 0.3) is 0 Å². The number of benzene rings is 1. The Kier molecular flexibility index (Phi) is 5.22. The second-order valence-corrected chi connectivity index (χ2v) is 5.32. The number of hydrogen-bond acceptors (Lipinski definition) is 6. The summed E-state index contributed by atoms with van der Waals surface area (Å²) in [7, 11) is -1.33. The molecule has 0 saturated carbocycles. The summed E-state index contributed by atoms with van der Waals surface area (Å²) in [4.78, 5) is 23.0. The number of carbonyl (C=O) groups is 2. The highest BCUT2D eigenvalue weighted by atomic mass is 16.5. The van der Waals surface area contributed by atoms with E-state index in [4.69, 9.17) is 15.0 Å². The molecule has 0 aromatic heterocycles. The van der Waals surface area contributed by atoms with E-state index in [1.165, 1.54) is 6.07 Å². The van der Waals surface area contributed by atoms with Crippen LogP contribution >= 0.6 is 0 Å². The molecule has 0 radical (unpaired) electrons. The summed E-state index contributed by atoms with van der Waals surface area (Å²) in [6, 6.07) is 4.67. The summed E-state index contributed by atoms with van der Waals surface area (Å²) in [5.41, 5.74) is 1.01. The monoisotopic (exact) mass is 320 g/mol. The average Bonchev–Trinajstić information content (AvgIpc) is 2.52. The zero-order valence-electron chi connectivity index (χ0n) is 12.5. The van der Waals surface area contributed by atoms with Crippen LogP contribution in [0.5, 0.6) is 5.75 Å². The van der Waals surface area contributed by atoms with Gasteiger partial charge in [0.2, 0.25) is 5.91 Å². The van der Waals surface area contributed by atoms with Gasteiger partial charge in [-0.05, 0) is 31.4 Å². The topological polar surface area (TPSA) is 128 Å². The van der Waals surface area contributed by atoms with Crippen molar-refractivity contribution in [3.05, 3.63) is 29.3 Å². The van der Waals surface area contributed by atoms with Gasteiger partial charge in [0.15, 0.2) is 0 Å². The van der Waals surface area contributed by atoms with Crippen molar-refractivity contribution < 1.29 is 29.6 Å². The third-order valence-electron chi connectivity index (χ3n) is 3.58. The van der Waals surface area contributed by atoms with Gasteiger partial charge in [-0.25, -0.2) is 4.79 Å². The predicted octanol–water partition coefficient (Wildman–Crippen LogP) is 0.454. The largest absolute Gasteiger partial charge is 0.547 e. The summed E-state index contributed by atoms with van der Waals surface area (Å²) in [5.74, 6) is -2.01. The van der Waals surface area contributed by atoms with Crippen LogP contribution in [-0.2, 0) is 11.2 Å². The number of nitrogens with zero attached hydrogens (tertiary/aromatic N) is 1. The van der Waals surface area contributed by atoms with Crippen molar-refractivity contribution in [1.82, 2.24) is 5.32 Å². The molecule has 1 aliphatic rings. The van der Waals surface area contributed by atoms with Gasteiger partial charge in [-0.3, -0.25) is 4.79 Å². The molecular weight excluding hydrogens is 303 g/mol. The van der Waals surface area contributed by atoms with Crippen LogP contribution in [0.1, 0.15) is 35.7 Å². The van der Waals surface area contributed by atoms with Gasteiger partial charge >= 0.3 is 13.1 Å². The first-order chi connectivity index (χ1) is 10.9. The minimum Gasteiger partial charge on any atom is -0.534 e. The molecule has 0 aliphatic carbocycles. The zero-order chi connectivity index (χ0) is 17.0. The maximum atomic E-state index is 11.9. The quantitative estimate of drug-likeness (QED) is 0.270. The lowest BCUT2D eigenvalue weighted by atomic mass is 9.72. The van der Waals surface area contributed by atoms with Crippen LogP contribution in [0, 0.1) is 0 Å². The van der Waals surface area contributed by atoms with Gasteiger partial charge in [-0.15, -0.1) is 0 Å². The van der Waals surface area contributed by atoms with Gasteiger partial charge < -0.3 is 25.3 Å². The van der Waals surface area contributed by atoms with E-state index < -0.39 is 19.0 Å². The third-order valence-corrected chi connectivity index (χ3v) is 3.58. The Bertz CT molecular complexity index is 648. The van der Waals surface area contributed by atoms with Gasteiger partial charge in [-0.1, -0.05) is 17.3 Å². The average molecular weight is 320 g/mol. The van der Waals surface area contributed by atoms with Gasteiger partial charge in [-0.2, -0.15) is 0 Å². The molecule has 122 valence electrons. The van der Waals surface area contributed by atoms with Crippen molar-refractivity contribution in [2.75, 3.05) is 0 Å². The molecule has 1 aromatic rings. The molecule has 1 heterocycles. The number of carboxylic acid groups (broad SMARTS) is 1. The number of hydrogen-bond donors (Lipinski definition) is 4. The summed E-state index contributed by atoms with van der Waals surface area (Å²) in [6.45, 7) is 1.59. The van der Waals surface area contributed by atoms with Gasteiger partial charge in [0.05, 0.1) is 17.2 Å². The maximum Gasteiger partial charge on any atom is 0.547 e. The first-order valence-corrected chi connectivity index (χ1v) is 7.09. The third kappa shape index (κ3) is 4.01. The molecular formula is C14H17BN2O6. The number of nitrogens with one attached hydrogen (secondary N) is 1. The summed E-state index contributed by atoms with van der Waals surface area (Å²) >= 11 is 0. The molecule has 4 N–H and O–H groups in total. The van der Waals surface area contributed by atoms with Crippen LogP contribution in [0.3, 0.4) is 0 Å². The number of aromatic carboxylic acids is 1. The maximum absolute atomic E-state index is 11.9. The summed E-state index contributed by atoms with van der Waals surface area (Å²) in [6.07, 6.45) is 0.670. The molecule has 8 nitrogen and oxygen atoms in total. The number of rotatable bonds is 5. The Hall–Kier alpha value is -2.55. The highest BCUT2D eigenvalue weighted by molar-refractivity contribution is 6.47. The number of amides is 1. The molecule has 0 bridgehead atoms. The number of oxime groups is 1. The Morgan fingerprint density at radius 1 is 1.43 bits per heavy atom. The zero-order valence-corrected chi connectivity index (χ0v) is 12.5. The van der Waals surface area contributed by atoms with Gasteiger partial charge in [0, 0.05) is 6.42 Å². The first kappa shape index (κ1) is 16.8. The molecule has 1 aromatic carbocycles. The fraction of sp³-hybridized carbons (Fsp3) is 0.357. The smallest absolute Gasteiger partial charge is 0.534 e. The van der Waals surface area contributed by atoms with Crippen molar-refractivity contribution in [3.8, 4) is 5.75 Å². The van der Waals surface area contributed by atoms with Crippen molar-refractivity contribution in [2.45, 2.75) is 32.1 Å². The molecule has 9 heteroatoms. The minimum absolute atomic E-state index is 0.0268. The van der Waals surface area contributed by atoms with Crippen molar-refractivity contribution in [1.29, 1.82) is 0 Å². The molecule has 23 heavy (non-hydrogen) atoms. The second kappa shape index (κ2) is 7.14. The number of carboxylic acids is 1. The highest BCUT2D eigenvalue weighted by Crippen LogP contribution is 2.30. The lowest BCUT2D eigenvalue weighted by Crippen LogP contribution is -2.53. The number of carbonyl (C=O) groups excluding carboxylic acids is 1. The fourth-order valence-electron chi connectivity index (χ4n) is 2.34. The minimum atomic E-state index is -1.33. The molecule has 0 saturated heterocycles. The van der Waals surface area contributed by atoms with E-state index in [9.17, 15) is 14.6 Å². The molecule has 0 unspecified atom stereocenters. The van der Waals surface area contributed by atoms with Crippen molar-refractivity contribution in [3.63, 3.8) is 0 Å². The van der Waals surface area contributed by atoms with Crippen LogP contribution in [0.25, 0.3) is 0 Å². The van der Waals surface area contributed by atoms with Crippen LogP contribution in [0.2, 0.25) is 0 Å². The number of para-hydroxylation sites is 1. The molecule has 1 amide bonds. The van der Waals surface area contributed by atoms with Crippen molar-refractivity contribution in [2.24, 2.45) is 5.16 Å². The standard InChI is InChI=1S/C14H17BN2O6/c1-8(17-22)5-6-12(18)16-11-7-9-3-2-4-10(14(19)20)13(9)23-15(11)21/h2-4,11,21-22H,5-7H2,1H3,(H,16,18)(H,19,20)/b17-8-/t11-/m0/s1. The Morgan fingerprint density at radius 3 is 2.83 bits per heavy atom. The Morgan fingerprint density at radius 2 is 2.17 bits per heavy atom. The van der Waals surface area contributed by atoms with E-state index in [1.807, 2.05) is 0 Å². The van der Waals surface area contributed by atoms with Crippen molar-refractivity contribution >= 4 is 24.7 Å². The SMILES string of the molecule is C/C(CCC(=O)N[C@H]1Cc2cccc(C(=O)O)c2OB1O)=N/O. The molecule has 0 spiro atoms. The van der Waals surface area contributed by atoms with Crippen LogP contribution < -0.4 is 9.97 Å². The summed E-state index contributed by atoms with van der Waals surface area (Å²) in [5, 5.41) is 33.3. The number of fused-ring (bicyclic) bond motifs is 1. The molecule has 2 rings (SSSR count). The van der Waals surface area contributed by atoms with E-state index in [0.29, 0.717) is 17.7 Å². The summed E-state index contributed by atoms with van der Waals surface area (Å²) < 4.78 is 5.28. The van der Waals surface area contributed by atoms with Gasteiger partial charge in [0.1, 0.15) is 5.75 Å². The van der Waals surface area contributed by atoms with Crippen LogP contribution in [-0.4, -0.2) is 46.0 Å². The normalized spacial score (nSPS) is 17.2. The lowest BCUT2D eigenvalue weighted by molar-refractivity contribution is -0.121. The van der Waals surface area contributed by atoms with E-state index in [1.54, 1.807) is 19.1 Å². The lowest BCUT2D eigenvalue weighted by Gasteiger charge is -2.28. The van der Waals surface area contributed by atoms with E-state index >= 15 is 0 Å². The van der Waals surface area contributed by atoms with E-state index in [-0.39, 0.29) is 30.1 Å². The van der Waals surface area contributed by atoms with E-state index in [0.717, 1.165) is 0 Å². The van der Waals surface area contributed by atoms with Crippen LogP contribution in [0.15, 0.2) is 23.4 Å². The predicted molar refractivity (Wildman–Crippen MR) is 81.8 cm³/mol. The Balaban J connectivity index is 2.06. The fourth-order valence-corrected chi connectivity index (χ4v) is 2.34.